The molecule has 0 aliphatic carbocycles. The molecule has 0 saturated carbocycles. The number of benzene rings is 1. The first-order valence-corrected chi connectivity index (χ1v) is 4.52. The molecule has 2 N–H and O–H groups in total. The van der Waals surface area contributed by atoms with Gasteiger partial charge in [0.25, 0.3) is 0 Å². The lowest BCUT2D eigenvalue weighted by Gasteiger charge is -2.15. The summed E-state index contributed by atoms with van der Waals surface area (Å²) in [6.07, 6.45) is 0. The molecule has 0 fully saturated rings. The number of rotatable bonds is 1. The number of imidazole rings is 1. The molecule has 4 heteroatoms. The van der Waals surface area contributed by atoms with Crippen molar-refractivity contribution >= 4 is 17.0 Å². The standard InChI is InChI=1S/C10H14N4/c1-7-4-5-9-8(6-7)12-10(11)14(9)13(2)3/h4-6H,1-3H3,(H2,11,12). The summed E-state index contributed by atoms with van der Waals surface area (Å²) in [7, 11) is 3.88. The number of nitrogens with two attached hydrogens (primary N) is 1. The summed E-state index contributed by atoms with van der Waals surface area (Å²) in [6, 6.07) is 6.13. The quantitative estimate of drug-likeness (QED) is 0.733. The summed E-state index contributed by atoms with van der Waals surface area (Å²) >= 11 is 0. The van der Waals surface area contributed by atoms with Crippen molar-refractivity contribution in [2.24, 2.45) is 0 Å². The van der Waals surface area contributed by atoms with E-state index in [9.17, 15) is 0 Å². The SMILES string of the molecule is Cc1ccc2c(c1)nc(N)n2N(C)C. The number of aryl methyl sites for hydroxylation is 1. The van der Waals surface area contributed by atoms with E-state index in [4.69, 9.17) is 5.73 Å². The molecule has 1 aromatic carbocycles. The van der Waals surface area contributed by atoms with Crippen LogP contribution in [0.15, 0.2) is 18.2 Å². The lowest BCUT2D eigenvalue weighted by atomic mass is 10.2. The van der Waals surface area contributed by atoms with Gasteiger partial charge in [0, 0.05) is 14.1 Å². The second-order valence-corrected chi connectivity index (χ2v) is 3.62. The van der Waals surface area contributed by atoms with Crippen molar-refractivity contribution in [3.05, 3.63) is 23.8 Å². The highest BCUT2D eigenvalue weighted by Gasteiger charge is 2.08. The lowest BCUT2D eigenvalue weighted by molar-refractivity contribution is 0.765. The van der Waals surface area contributed by atoms with Gasteiger partial charge in [-0.1, -0.05) is 6.07 Å². The highest BCUT2D eigenvalue weighted by molar-refractivity contribution is 5.79. The largest absolute Gasteiger partial charge is 0.368 e. The Kier molecular flexibility index (Phi) is 1.84. The Morgan fingerprint density at radius 3 is 2.71 bits per heavy atom. The van der Waals surface area contributed by atoms with Crippen LogP contribution in [-0.4, -0.2) is 23.8 Å². The van der Waals surface area contributed by atoms with Gasteiger partial charge in [-0.3, -0.25) is 0 Å². The molecule has 0 radical (unpaired) electrons. The Labute approximate surface area is 82.9 Å². The zero-order chi connectivity index (χ0) is 10.3. The molecule has 1 heterocycles. The van der Waals surface area contributed by atoms with E-state index >= 15 is 0 Å². The van der Waals surface area contributed by atoms with Crippen LogP contribution in [0, 0.1) is 6.92 Å². The van der Waals surface area contributed by atoms with E-state index in [1.807, 2.05) is 42.8 Å². The molecule has 0 bridgehead atoms. The molecule has 0 spiro atoms. The van der Waals surface area contributed by atoms with Gasteiger partial charge in [0.2, 0.25) is 5.95 Å². The second kappa shape index (κ2) is 2.90. The third-order valence-corrected chi connectivity index (χ3v) is 2.21. The van der Waals surface area contributed by atoms with Crippen molar-refractivity contribution < 1.29 is 0 Å². The summed E-state index contributed by atoms with van der Waals surface area (Å²) in [5.41, 5.74) is 8.99. The fourth-order valence-corrected chi connectivity index (χ4v) is 1.62. The minimum atomic E-state index is 0.524. The average molecular weight is 190 g/mol. The predicted octanol–water partition coefficient (Wildman–Crippen LogP) is 1.12. The van der Waals surface area contributed by atoms with Crippen LogP contribution in [0.2, 0.25) is 0 Å². The van der Waals surface area contributed by atoms with E-state index in [2.05, 4.69) is 11.1 Å². The Hall–Kier alpha value is -1.71. The Morgan fingerprint density at radius 2 is 2.07 bits per heavy atom. The minimum absolute atomic E-state index is 0.524. The zero-order valence-electron chi connectivity index (χ0n) is 8.65. The molecule has 74 valence electrons. The second-order valence-electron chi connectivity index (χ2n) is 3.62. The smallest absolute Gasteiger partial charge is 0.220 e. The highest BCUT2D eigenvalue weighted by atomic mass is 15.6. The van der Waals surface area contributed by atoms with E-state index in [0.29, 0.717) is 5.95 Å². The van der Waals surface area contributed by atoms with Crippen LogP contribution in [-0.2, 0) is 0 Å². The van der Waals surface area contributed by atoms with E-state index < -0.39 is 0 Å². The molecule has 0 atom stereocenters. The molecule has 2 rings (SSSR count). The average Bonchev–Trinajstić information content (AvgIpc) is 2.39. The van der Waals surface area contributed by atoms with Crippen LogP contribution in [0.4, 0.5) is 5.95 Å². The molecule has 14 heavy (non-hydrogen) atoms. The maximum atomic E-state index is 5.81. The molecule has 0 saturated heterocycles. The Morgan fingerprint density at radius 1 is 1.36 bits per heavy atom. The van der Waals surface area contributed by atoms with Crippen molar-refractivity contribution in [1.82, 2.24) is 9.66 Å². The van der Waals surface area contributed by atoms with E-state index in [1.54, 1.807) is 0 Å². The Balaban J connectivity index is 2.77. The number of hydrogen-bond donors (Lipinski definition) is 1. The predicted molar refractivity (Wildman–Crippen MR) is 58.9 cm³/mol. The van der Waals surface area contributed by atoms with Gasteiger partial charge in [-0.2, -0.15) is 0 Å². The molecule has 0 aliphatic heterocycles. The van der Waals surface area contributed by atoms with E-state index in [1.165, 1.54) is 5.56 Å². The van der Waals surface area contributed by atoms with Gasteiger partial charge in [-0.25, -0.2) is 9.66 Å². The van der Waals surface area contributed by atoms with Crippen LogP contribution in [0.5, 0.6) is 0 Å². The fourth-order valence-electron chi connectivity index (χ4n) is 1.62. The molecular formula is C10H14N4. The zero-order valence-corrected chi connectivity index (χ0v) is 8.65. The number of nitrogen functional groups attached to an aromatic ring is 1. The molecule has 2 aromatic rings. The molecule has 4 nitrogen and oxygen atoms in total. The fraction of sp³-hybridized carbons (Fsp3) is 0.300. The van der Waals surface area contributed by atoms with Crippen LogP contribution >= 0.6 is 0 Å². The number of anilines is 1. The minimum Gasteiger partial charge on any atom is -0.368 e. The van der Waals surface area contributed by atoms with Crippen molar-refractivity contribution in [2.75, 3.05) is 24.8 Å². The van der Waals surface area contributed by atoms with Gasteiger partial charge in [-0.05, 0) is 24.6 Å². The number of aromatic nitrogens is 2. The topological polar surface area (TPSA) is 47.1 Å². The number of hydrogen-bond acceptors (Lipinski definition) is 3. The first-order chi connectivity index (χ1) is 6.59. The molecule has 0 amide bonds. The van der Waals surface area contributed by atoms with Crippen LogP contribution in [0.1, 0.15) is 5.56 Å². The van der Waals surface area contributed by atoms with Gasteiger partial charge < -0.3 is 10.7 Å². The molecule has 1 aromatic heterocycles. The molecular weight excluding hydrogens is 176 g/mol. The third kappa shape index (κ3) is 1.19. The first-order valence-electron chi connectivity index (χ1n) is 4.52. The van der Waals surface area contributed by atoms with E-state index in [0.717, 1.165) is 11.0 Å². The highest BCUT2D eigenvalue weighted by Crippen LogP contribution is 2.18. The van der Waals surface area contributed by atoms with Gasteiger partial charge in [0.05, 0.1) is 11.0 Å². The normalized spacial score (nSPS) is 10.8. The third-order valence-electron chi connectivity index (χ3n) is 2.21. The van der Waals surface area contributed by atoms with Gasteiger partial charge >= 0.3 is 0 Å². The summed E-state index contributed by atoms with van der Waals surface area (Å²) in [5.74, 6) is 0.524. The van der Waals surface area contributed by atoms with Crippen molar-refractivity contribution in [3.8, 4) is 0 Å². The first kappa shape index (κ1) is 8.87. The van der Waals surface area contributed by atoms with Crippen molar-refractivity contribution in [1.29, 1.82) is 0 Å². The number of fused-ring (bicyclic) bond motifs is 1. The van der Waals surface area contributed by atoms with Gasteiger partial charge in [-0.15, -0.1) is 0 Å². The van der Waals surface area contributed by atoms with E-state index in [-0.39, 0.29) is 0 Å². The Bertz CT molecular complexity index is 470. The number of nitrogens with zero attached hydrogens (tertiary/aromatic N) is 3. The van der Waals surface area contributed by atoms with Crippen molar-refractivity contribution in [2.45, 2.75) is 6.92 Å². The van der Waals surface area contributed by atoms with Crippen molar-refractivity contribution in [3.63, 3.8) is 0 Å². The van der Waals surface area contributed by atoms with Gasteiger partial charge in [0.15, 0.2) is 0 Å². The van der Waals surface area contributed by atoms with Crippen LogP contribution in [0.3, 0.4) is 0 Å². The monoisotopic (exact) mass is 190 g/mol. The molecule has 0 aliphatic rings. The van der Waals surface area contributed by atoms with Crippen LogP contribution < -0.4 is 10.7 Å². The summed E-state index contributed by atoms with van der Waals surface area (Å²) in [4.78, 5) is 4.29. The van der Waals surface area contributed by atoms with Crippen LogP contribution in [0.25, 0.3) is 11.0 Å². The summed E-state index contributed by atoms with van der Waals surface area (Å²) in [5, 5.41) is 1.92. The summed E-state index contributed by atoms with van der Waals surface area (Å²) < 4.78 is 1.88. The maximum Gasteiger partial charge on any atom is 0.220 e. The van der Waals surface area contributed by atoms with Gasteiger partial charge in [0.1, 0.15) is 0 Å². The maximum absolute atomic E-state index is 5.81. The lowest BCUT2D eigenvalue weighted by Crippen LogP contribution is -2.26. The summed E-state index contributed by atoms with van der Waals surface area (Å²) in [6.45, 7) is 2.05. The molecule has 0 unspecified atom stereocenters.